The minimum Gasteiger partial charge on any atom is -0.373 e. The Labute approximate surface area is 148 Å². The molecule has 0 spiro atoms. The Hall–Kier alpha value is -2.11. The van der Waals surface area contributed by atoms with Gasteiger partial charge in [-0.05, 0) is 43.9 Å². The molecule has 0 aromatic heterocycles. The first-order chi connectivity index (χ1) is 12.0. The van der Waals surface area contributed by atoms with Crippen molar-refractivity contribution >= 4 is 23.2 Å². The van der Waals surface area contributed by atoms with Gasteiger partial charge in [-0.25, -0.2) is 4.39 Å². The van der Waals surface area contributed by atoms with Gasteiger partial charge in [0, 0.05) is 33.1 Å². The molecule has 2 aliphatic heterocycles. The summed E-state index contributed by atoms with van der Waals surface area (Å²) in [5.41, 5.74) is 1.47. The summed E-state index contributed by atoms with van der Waals surface area (Å²) in [5, 5.41) is 0. The largest absolute Gasteiger partial charge is 0.373 e. The molecule has 0 unspecified atom stereocenters. The van der Waals surface area contributed by atoms with Crippen LogP contribution in [0, 0.1) is 5.82 Å². The molecule has 0 N–H and O–H groups in total. The Morgan fingerprint density at radius 1 is 1.12 bits per heavy atom. The highest BCUT2D eigenvalue weighted by atomic mass is 19.1. The number of halogens is 1. The van der Waals surface area contributed by atoms with Crippen molar-refractivity contribution in [2.75, 3.05) is 36.5 Å². The predicted octanol–water partition coefficient (Wildman–Crippen LogP) is 2.79. The third-order valence-corrected chi connectivity index (χ3v) is 5.19. The van der Waals surface area contributed by atoms with Crippen LogP contribution < -0.4 is 9.80 Å². The maximum absolute atomic E-state index is 13.9. The Morgan fingerprint density at radius 2 is 1.92 bits per heavy atom. The first-order valence-corrected chi connectivity index (χ1v) is 9.14. The van der Waals surface area contributed by atoms with Gasteiger partial charge in [0.1, 0.15) is 11.9 Å². The highest BCUT2D eigenvalue weighted by Crippen LogP contribution is 2.34. The molecule has 6 heteroatoms. The van der Waals surface area contributed by atoms with Crippen molar-refractivity contribution in [3.8, 4) is 0 Å². The molecule has 0 aliphatic carbocycles. The van der Waals surface area contributed by atoms with Crippen LogP contribution in [-0.4, -0.2) is 49.4 Å². The molecule has 5 nitrogen and oxygen atoms in total. The monoisotopic (exact) mass is 347 g/mol. The predicted molar refractivity (Wildman–Crippen MR) is 96.3 cm³/mol. The minimum absolute atomic E-state index is 0.0180. The molecule has 1 fully saturated rings. The fourth-order valence-corrected chi connectivity index (χ4v) is 3.84. The Bertz CT molecular complexity index is 664. The van der Waals surface area contributed by atoms with E-state index >= 15 is 0 Å². The van der Waals surface area contributed by atoms with E-state index < -0.39 is 6.04 Å². The number of nitrogens with zero attached hydrogens (tertiary/aromatic N) is 3. The number of carbonyl (C=O) groups excluding carboxylic acids is 2. The molecule has 1 aromatic rings. The zero-order valence-corrected chi connectivity index (χ0v) is 15.0. The molecule has 0 bridgehead atoms. The second-order valence-electron chi connectivity index (χ2n) is 6.85. The van der Waals surface area contributed by atoms with Gasteiger partial charge in [-0.15, -0.1) is 0 Å². The van der Waals surface area contributed by atoms with Gasteiger partial charge in [0.05, 0.1) is 11.4 Å². The van der Waals surface area contributed by atoms with Gasteiger partial charge in [0.2, 0.25) is 11.8 Å². The summed E-state index contributed by atoms with van der Waals surface area (Å²) in [6, 6.07) is 4.16. The lowest BCUT2D eigenvalue weighted by Crippen LogP contribution is -2.53. The second-order valence-corrected chi connectivity index (χ2v) is 6.85. The van der Waals surface area contributed by atoms with E-state index in [0.717, 1.165) is 31.5 Å². The molecule has 0 saturated carbocycles. The van der Waals surface area contributed by atoms with E-state index in [1.165, 1.54) is 12.1 Å². The van der Waals surface area contributed by atoms with Gasteiger partial charge in [-0.2, -0.15) is 0 Å². The SMILES string of the molecule is CCC(=O)N1CCCC[C@H]1C(=O)N1CCCN(C)c2ccc(F)cc21. The van der Waals surface area contributed by atoms with E-state index in [0.29, 0.717) is 31.6 Å². The lowest BCUT2D eigenvalue weighted by molar-refractivity contribution is -0.141. The molecule has 1 aromatic carbocycles. The smallest absolute Gasteiger partial charge is 0.249 e. The van der Waals surface area contributed by atoms with Crippen LogP contribution in [0.5, 0.6) is 0 Å². The zero-order chi connectivity index (χ0) is 18.0. The molecule has 1 saturated heterocycles. The number of piperidine rings is 1. The molecule has 1 atom stereocenters. The van der Waals surface area contributed by atoms with Gasteiger partial charge in [0.15, 0.2) is 0 Å². The van der Waals surface area contributed by atoms with Crippen molar-refractivity contribution in [2.24, 2.45) is 0 Å². The fraction of sp³-hybridized carbons (Fsp3) is 0.579. The van der Waals surface area contributed by atoms with E-state index in [2.05, 4.69) is 4.90 Å². The number of carbonyl (C=O) groups is 2. The third-order valence-electron chi connectivity index (χ3n) is 5.19. The first-order valence-electron chi connectivity index (χ1n) is 9.14. The number of fused-ring (bicyclic) bond motifs is 1. The molecule has 2 heterocycles. The summed E-state index contributed by atoms with van der Waals surface area (Å²) in [6.07, 6.45) is 3.77. The summed E-state index contributed by atoms with van der Waals surface area (Å²) in [6.45, 7) is 3.81. The molecule has 2 aliphatic rings. The lowest BCUT2D eigenvalue weighted by Gasteiger charge is -2.37. The van der Waals surface area contributed by atoms with Gasteiger partial charge < -0.3 is 14.7 Å². The molecular formula is C19H26FN3O2. The Balaban J connectivity index is 1.94. The van der Waals surface area contributed by atoms with Gasteiger partial charge in [-0.1, -0.05) is 6.92 Å². The van der Waals surface area contributed by atoms with Gasteiger partial charge >= 0.3 is 0 Å². The van der Waals surface area contributed by atoms with E-state index in [1.54, 1.807) is 15.9 Å². The third kappa shape index (κ3) is 3.48. The van der Waals surface area contributed by atoms with Crippen LogP contribution in [0.4, 0.5) is 15.8 Å². The number of hydrogen-bond donors (Lipinski definition) is 0. The number of hydrogen-bond acceptors (Lipinski definition) is 3. The number of rotatable bonds is 2. The summed E-state index contributed by atoms with van der Waals surface area (Å²) >= 11 is 0. The van der Waals surface area contributed by atoms with Crippen molar-refractivity contribution < 1.29 is 14.0 Å². The first kappa shape index (κ1) is 17.7. The topological polar surface area (TPSA) is 43.9 Å². The molecule has 25 heavy (non-hydrogen) atoms. The number of amides is 2. The van der Waals surface area contributed by atoms with Crippen LogP contribution in [0.15, 0.2) is 18.2 Å². The average molecular weight is 347 g/mol. The maximum atomic E-state index is 13.9. The molecule has 136 valence electrons. The lowest BCUT2D eigenvalue weighted by atomic mass is 10.00. The van der Waals surface area contributed by atoms with Crippen LogP contribution in [0.3, 0.4) is 0 Å². The fourth-order valence-electron chi connectivity index (χ4n) is 3.84. The van der Waals surface area contributed by atoms with Crippen LogP contribution >= 0.6 is 0 Å². The van der Waals surface area contributed by atoms with Crippen molar-refractivity contribution in [2.45, 2.75) is 45.1 Å². The summed E-state index contributed by atoms with van der Waals surface area (Å²) in [5.74, 6) is -0.412. The number of likely N-dealkylation sites (tertiary alicyclic amines) is 1. The quantitative estimate of drug-likeness (QED) is 0.826. The van der Waals surface area contributed by atoms with Crippen LogP contribution in [-0.2, 0) is 9.59 Å². The van der Waals surface area contributed by atoms with E-state index in [1.807, 2.05) is 14.0 Å². The van der Waals surface area contributed by atoms with E-state index in [-0.39, 0.29) is 17.6 Å². The van der Waals surface area contributed by atoms with E-state index in [4.69, 9.17) is 0 Å². The van der Waals surface area contributed by atoms with Gasteiger partial charge in [0.25, 0.3) is 0 Å². The number of benzene rings is 1. The molecule has 0 radical (unpaired) electrons. The second kappa shape index (κ2) is 7.42. The highest BCUT2D eigenvalue weighted by molar-refractivity contribution is 6.01. The number of anilines is 2. The maximum Gasteiger partial charge on any atom is 0.249 e. The van der Waals surface area contributed by atoms with Crippen LogP contribution in [0.2, 0.25) is 0 Å². The molecule has 2 amide bonds. The van der Waals surface area contributed by atoms with Crippen LogP contribution in [0.1, 0.15) is 39.0 Å². The normalized spacial score (nSPS) is 20.9. The van der Waals surface area contributed by atoms with Crippen molar-refractivity contribution in [1.82, 2.24) is 4.90 Å². The zero-order valence-electron chi connectivity index (χ0n) is 15.0. The standard InChI is InChI=1S/C19H26FN3O2/c1-3-18(24)22-11-5-4-7-16(22)19(25)23-12-6-10-21(2)15-9-8-14(20)13-17(15)23/h8-9,13,16H,3-7,10-12H2,1-2H3/t16-/m0/s1. The van der Waals surface area contributed by atoms with Crippen LogP contribution in [0.25, 0.3) is 0 Å². The molecule has 3 rings (SSSR count). The van der Waals surface area contributed by atoms with Crippen molar-refractivity contribution in [3.63, 3.8) is 0 Å². The van der Waals surface area contributed by atoms with Gasteiger partial charge in [-0.3, -0.25) is 9.59 Å². The van der Waals surface area contributed by atoms with Crippen molar-refractivity contribution in [3.05, 3.63) is 24.0 Å². The average Bonchev–Trinajstić information content (AvgIpc) is 2.79. The highest BCUT2D eigenvalue weighted by Gasteiger charge is 2.36. The van der Waals surface area contributed by atoms with E-state index in [9.17, 15) is 14.0 Å². The molecular weight excluding hydrogens is 321 g/mol. The Morgan fingerprint density at radius 3 is 2.68 bits per heavy atom. The van der Waals surface area contributed by atoms with Crippen molar-refractivity contribution in [1.29, 1.82) is 0 Å². The summed E-state index contributed by atoms with van der Waals surface area (Å²) in [4.78, 5) is 31.0. The minimum atomic E-state index is -0.430. The Kier molecular flexibility index (Phi) is 5.25. The summed E-state index contributed by atoms with van der Waals surface area (Å²) in [7, 11) is 1.96. The summed E-state index contributed by atoms with van der Waals surface area (Å²) < 4.78 is 13.9.